The van der Waals surface area contributed by atoms with Gasteiger partial charge in [-0.25, -0.2) is 4.98 Å². The highest BCUT2D eigenvalue weighted by molar-refractivity contribution is 5.78. The molecule has 0 aliphatic carbocycles. The summed E-state index contributed by atoms with van der Waals surface area (Å²) in [6.45, 7) is 8.65. The van der Waals surface area contributed by atoms with Gasteiger partial charge in [-0.1, -0.05) is 12.1 Å². The summed E-state index contributed by atoms with van der Waals surface area (Å²) in [7, 11) is 0. The number of aryl methyl sites for hydroxylation is 1. The smallest absolute Gasteiger partial charge is 0.260 e. The van der Waals surface area contributed by atoms with Crippen molar-refractivity contribution in [1.29, 1.82) is 0 Å². The fourth-order valence-corrected chi connectivity index (χ4v) is 4.35. The molecule has 172 valence electrons. The zero-order valence-electron chi connectivity index (χ0n) is 19.2. The Morgan fingerprint density at radius 1 is 1.09 bits per heavy atom. The van der Waals surface area contributed by atoms with Crippen molar-refractivity contribution in [2.24, 2.45) is 0 Å². The van der Waals surface area contributed by atoms with Crippen LogP contribution in [0.1, 0.15) is 25.2 Å². The van der Waals surface area contributed by atoms with Crippen molar-refractivity contribution in [3.63, 3.8) is 0 Å². The number of rotatable bonds is 5. The Labute approximate surface area is 193 Å². The molecule has 33 heavy (non-hydrogen) atoms. The van der Waals surface area contributed by atoms with Crippen molar-refractivity contribution in [2.75, 3.05) is 37.7 Å². The fraction of sp³-hybridized carbons (Fsp3) is 0.417. The van der Waals surface area contributed by atoms with Crippen LogP contribution in [-0.4, -0.2) is 68.9 Å². The molecule has 0 atom stereocenters. The van der Waals surface area contributed by atoms with E-state index in [2.05, 4.69) is 33.9 Å². The molecule has 2 aliphatic rings. The summed E-state index contributed by atoms with van der Waals surface area (Å²) in [5.41, 5.74) is 0.870. The van der Waals surface area contributed by atoms with Crippen LogP contribution >= 0.6 is 0 Å². The van der Waals surface area contributed by atoms with Gasteiger partial charge in [0.25, 0.3) is 5.91 Å². The van der Waals surface area contributed by atoms with Crippen molar-refractivity contribution in [1.82, 2.24) is 24.6 Å². The number of hydrogen-bond acceptors (Lipinski definition) is 7. The molecule has 3 aromatic rings. The van der Waals surface area contributed by atoms with E-state index in [-0.39, 0.29) is 18.1 Å². The first-order valence-electron chi connectivity index (χ1n) is 11.2. The Bertz CT molecular complexity index is 1150. The predicted molar refractivity (Wildman–Crippen MR) is 123 cm³/mol. The van der Waals surface area contributed by atoms with Gasteiger partial charge in [-0.3, -0.25) is 9.36 Å². The topological polar surface area (TPSA) is 85.6 Å². The summed E-state index contributed by atoms with van der Waals surface area (Å²) < 4.78 is 13.8. The zero-order valence-corrected chi connectivity index (χ0v) is 19.2. The summed E-state index contributed by atoms with van der Waals surface area (Å²) in [5.74, 6) is 3.77. The lowest BCUT2D eigenvalue weighted by Crippen LogP contribution is -2.50. The molecule has 0 bridgehead atoms. The number of nitrogens with zero attached hydrogens (tertiary/aromatic N) is 6. The van der Waals surface area contributed by atoms with Crippen LogP contribution in [0.5, 0.6) is 11.5 Å². The molecule has 1 fully saturated rings. The van der Waals surface area contributed by atoms with Crippen LogP contribution < -0.4 is 14.4 Å². The molecule has 9 nitrogen and oxygen atoms in total. The summed E-state index contributed by atoms with van der Waals surface area (Å²) >= 11 is 0. The third-order valence-corrected chi connectivity index (χ3v) is 6.07. The second kappa shape index (κ2) is 8.38. The lowest BCUT2D eigenvalue weighted by Gasteiger charge is -2.35. The maximum absolute atomic E-state index is 12.8. The number of amides is 1. The third-order valence-electron chi connectivity index (χ3n) is 6.07. The number of hydrogen-bond donors (Lipinski definition) is 0. The van der Waals surface area contributed by atoms with Crippen LogP contribution in [0.25, 0.3) is 5.82 Å². The van der Waals surface area contributed by atoms with Gasteiger partial charge in [0.1, 0.15) is 11.4 Å². The van der Waals surface area contributed by atoms with Crippen LogP contribution in [0.4, 0.5) is 5.82 Å². The van der Waals surface area contributed by atoms with E-state index in [9.17, 15) is 4.79 Å². The van der Waals surface area contributed by atoms with Crippen LogP contribution in [0.15, 0.2) is 42.7 Å². The monoisotopic (exact) mass is 448 g/mol. The minimum absolute atomic E-state index is 0.000991. The number of benzene rings is 1. The lowest BCUT2D eigenvalue weighted by atomic mass is 10.0. The molecule has 5 rings (SSSR count). The van der Waals surface area contributed by atoms with E-state index in [4.69, 9.17) is 9.47 Å². The number of piperazine rings is 1. The van der Waals surface area contributed by atoms with Crippen LogP contribution in [0, 0.1) is 6.92 Å². The quantitative estimate of drug-likeness (QED) is 0.593. The Kier molecular flexibility index (Phi) is 5.39. The Morgan fingerprint density at radius 2 is 1.85 bits per heavy atom. The second-order valence-electron chi connectivity index (χ2n) is 9.03. The summed E-state index contributed by atoms with van der Waals surface area (Å²) in [5, 5.41) is 8.71. The Hall–Kier alpha value is -3.62. The molecule has 2 aliphatic heterocycles. The van der Waals surface area contributed by atoms with E-state index in [1.165, 1.54) is 0 Å². The number of ether oxygens (including phenoxy) is 2. The average molecular weight is 449 g/mol. The first kappa shape index (κ1) is 21.2. The fourth-order valence-electron chi connectivity index (χ4n) is 4.35. The van der Waals surface area contributed by atoms with Gasteiger partial charge in [0.2, 0.25) is 0 Å². The molecule has 4 heterocycles. The molecular weight excluding hydrogens is 420 g/mol. The molecule has 1 saturated heterocycles. The number of fused-ring (bicyclic) bond motifs is 1. The first-order valence-corrected chi connectivity index (χ1v) is 11.2. The molecule has 0 unspecified atom stereocenters. The molecule has 0 spiro atoms. The molecule has 1 amide bonds. The molecule has 0 radical (unpaired) electrons. The van der Waals surface area contributed by atoms with Crippen LogP contribution in [0.3, 0.4) is 0 Å². The van der Waals surface area contributed by atoms with Crippen molar-refractivity contribution in [3.05, 3.63) is 54.1 Å². The second-order valence-corrected chi connectivity index (χ2v) is 9.03. The normalized spacial score (nSPS) is 16.9. The van der Waals surface area contributed by atoms with Gasteiger partial charge in [0, 0.05) is 50.6 Å². The minimum atomic E-state index is -0.249. The minimum Gasteiger partial charge on any atom is -0.483 e. The first-order chi connectivity index (χ1) is 15.9. The van der Waals surface area contributed by atoms with Gasteiger partial charge in [0.05, 0.1) is 0 Å². The third kappa shape index (κ3) is 4.35. The van der Waals surface area contributed by atoms with E-state index in [0.29, 0.717) is 31.9 Å². The highest BCUT2D eigenvalue weighted by Gasteiger charge is 2.32. The van der Waals surface area contributed by atoms with E-state index >= 15 is 0 Å². The van der Waals surface area contributed by atoms with E-state index < -0.39 is 0 Å². The van der Waals surface area contributed by atoms with Crippen molar-refractivity contribution in [2.45, 2.75) is 32.8 Å². The van der Waals surface area contributed by atoms with Crippen LogP contribution in [-0.2, 0) is 11.2 Å². The van der Waals surface area contributed by atoms with Crippen LogP contribution in [0.2, 0.25) is 0 Å². The highest BCUT2D eigenvalue weighted by Crippen LogP contribution is 2.41. The maximum atomic E-state index is 12.8. The number of para-hydroxylation sites is 1. The van der Waals surface area contributed by atoms with Gasteiger partial charge in [-0.05, 0) is 39.0 Å². The number of imidazole rings is 1. The van der Waals surface area contributed by atoms with Gasteiger partial charge in [-0.2, -0.15) is 0 Å². The molecule has 9 heteroatoms. The standard InChI is InChI=1S/C24H28N6O3/c1-17-25-9-10-30(17)21-8-7-20(26-27-21)28-11-13-29(14-12-28)22(31)16-32-19-6-4-5-18-15-24(2,3)33-23(18)19/h4-10H,11-16H2,1-3H3. The molecule has 1 aromatic carbocycles. The number of aromatic nitrogens is 4. The van der Waals surface area contributed by atoms with E-state index in [1.807, 2.05) is 52.9 Å². The number of carbonyl (C=O) groups is 1. The zero-order chi connectivity index (χ0) is 23.0. The van der Waals surface area contributed by atoms with Gasteiger partial charge >= 0.3 is 0 Å². The number of carbonyl (C=O) groups excluding carboxylic acids is 1. The largest absolute Gasteiger partial charge is 0.483 e. The summed E-state index contributed by atoms with van der Waals surface area (Å²) in [6.07, 6.45) is 4.44. The summed E-state index contributed by atoms with van der Waals surface area (Å²) in [6, 6.07) is 9.75. The molecule has 0 saturated carbocycles. The highest BCUT2D eigenvalue weighted by atomic mass is 16.5. The Balaban J connectivity index is 1.15. The predicted octanol–water partition coefficient (Wildman–Crippen LogP) is 2.41. The number of anilines is 1. The van der Waals surface area contributed by atoms with Crippen molar-refractivity contribution < 1.29 is 14.3 Å². The molecule has 0 N–H and O–H groups in total. The molecule has 2 aromatic heterocycles. The van der Waals surface area contributed by atoms with Gasteiger partial charge in [-0.15, -0.1) is 10.2 Å². The van der Waals surface area contributed by atoms with E-state index in [1.54, 1.807) is 6.20 Å². The average Bonchev–Trinajstić information content (AvgIpc) is 3.39. The Morgan fingerprint density at radius 3 is 2.55 bits per heavy atom. The van der Waals surface area contributed by atoms with Crippen molar-refractivity contribution >= 4 is 11.7 Å². The maximum Gasteiger partial charge on any atom is 0.260 e. The molecular formula is C24H28N6O3. The van der Waals surface area contributed by atoms with E-state index in [0.717, 1.165) is 35.2 Å². The van der Waals surface area contributed by atoms with Crippen molar-refractivity contribution in [3.8, 4) is 17.3 Å². The summed E-state index contributed by atoms with van der Waals surface area (Å²) in [4.78, 5) is 20.9. The van der Waals surface area contributed by atoms with Gasteiger partial charge < -0.3 is 19.3 Å². The van der Waals surface area contributed by atoms with Gasteiger partial charge in [0.15, 0.2) is 29.7 Å². The SMILES string of the molecule is Cc1nccn1-c1ccc(N2CCN(C(=O)COc3cccc4c3OC(C)(C)C4)CC2)nn1. The lowest BCUT2D eigenvalue weighted by molar-refractivity contribution is -0.133.